The summed E-state index contributed by atoms with van der Waals surface area (Å²) in [5.41, 5.74) is 6.47. The topological polar surface area (TPSA) is 24.4 Å². The van der Waals surface area contributed by atoms with Gasteiger partial charge in [0.05, 0.1) is 11.4 Å². The third kappa shape index (κ3) is 2.79. The molecule has 0 aliphatic heterocycles. The Morgan fingerprint density at radius 1 is 0.609 bits per heavy atom. The zero-order valence-corrected chi connectivity index (χ0v) is 12.6. The van der Waals surface area contributed by atoms with Crippen LogP contribution in [0.1, 0.15) is 11.1 Å². The van der Waals surface area contributed by atoms with Crippen molar-refractivity contribution in [3.8, 4) is 0 Å². The molecule has 0 radical (unpaired) electrons. The maximum atomic E-state index is 4.79. The fraction of sp³-hybridized carbons (Fsp3) is 0. The number of para-hydroxylation sites is 2. The van der Waals surface area contributed by atoms with Crippen molar-refractivity contribution in [1.29, 1.82) is 0 Å². The lowest BCUT2D eigenvalue weighted by molar-refractivity contribution is 1.50. The number of hydrogen-bond donors (Lipinski definition) is 1. The van der Waals surface area contributed by atoms with Gasteiger partial charge in [-0.2, -0.15) is 0 Å². The summed E-state index contributed by atoms with van der Waals surface area (Å²) >= 11 is 0. The van der Waals surface area contributed by atoms with Gasteiger partial charge in [0.25, 0.3) is 0 Å². The van der Waals surface area contributed by atoms with E-state index in [1.165, 1.54) is 5.56 Å². The van der Waals surface area contributed by atoms with Crippen LogP contribution in [0.4, 0.5) is 11.4 Å². The molecule has 4 rings (SSSR count). The molecule has 0 saturated heterocycles. The smallest absolute Gasteiger partial charge is 0.0736 e. The number of anilines is 1. The molecule has 110 valence electrons. The summed E-state index contributed by atoms with van der Waals surface area (Å²) in [6, 6.07) is 28.6. The summed E-state index contributed by atoms with van der Waals surface area (Å²) in [4.78, 5) is 4.79. The predicted octanol–water partition coefficient (Wildman–Crippen LogP) is 5.27. The summed E-state index contributed by atoms with van der Waals surface area (Å²) in [7, 11) is 0. The molecule has 0 unspecified atom stereocenters. The van der Waals surface area contributed by atoms with E-state index in [4.69, 9.17) is 4.99 Å². The maximum Gasteiger partial charge on any atom is 0.0736 e. The number of nitrogens with one attached hydrogen (secondary N) is 1. The molecule has 3 aromatic carbocycles. The second-order valence-corrected chi connectivity index (χ2v) is 5.43. The Labute approximate surface area is 135 Å². The van der Waals surface area contributed by atoms with Crippen LogP contribution < -0.4 is 5.32 Å². The van der Waals surface area contributed by atoms with E-state index in [-0.39, 0.29) is 0 Å². The van der Waals surface area contributed by atoms with Gasteiger partial charge in [0.2, 0.25) is 0 Å². The first-order valence-corrected chi connectivity index (χ1v) is 7.67. The van der Waals surface area contributed by atoms with Crippen LogP contribution in [0.3, 0.4) is 0 Å². The van der Waals surface area contributed by atoms with Gasteiger partial charge in [0, 0.05) is 22.5 Å². The third-order valence-corrected chi connectivity index (χ3v) is 3.83. The highest BCUT2D eigenvalue weighted by Gasteiger charge is 2.19. The number of benzene rings is 3. The molecule has 0 atom stereocenters. The van der Waals surface area contributed by atoms with Gasteiger partial charge in [-0.25, -0.2) is 4.99 Å². The summed E-state index contributed by atoms with van der Waals surface area (Å²) in [5.74, 6) is 0. The van der Waals surface area contributed by atoms with Gasteiger partial charge in [-0.15, -0.1) is 0 Å². The van der Waals surface area contributed by atoms with Crippen molar-refractivity contribution in [2.75, 3.05) is 5.32 Å². The predicted molar refractivity (Wildman–Crippen MR) is 97.1 cm³/mol. The molecule has 3 aromatic rings. The van der Waals surface area contributed by atoms with E-state index in [0.717, 1.165) is 28.3 Å². The van der Waals surface area contributed by atoms with Gasteiger partial charge in [-0.1, -0.05) is 60.7 Å². The first-order chi connectivity index (χ1) is 11.4. The fourth-order valence-corrected chi connectivity index (χ4v) is 2.75. The van der Waals surface area contributed by atoms with Crippen LogP contribution in [0.25, 0.3) is 5.70 Å². The van der Waals surface area contributed by atoms with Crippen molar-refractivity contribution < 1.29 is 0 Å². The second kappa shape index (κ2) is 5.93. The zero-order chi connectivity index (χ0) is 15.5. The Morgan fingerprint density at radius 3 is 1.96 bits per heavy atom. The molecule has 2 heteroatoms. The van der Waals surface area contributed by atoms with E-state index in [9.17, 15) is 0 Å². The van der Waals surface area contributed by atoms with Crippen molar-refractivity contribution in [2.45, 2.75) is 0 Å². The minimum absolute atomic E-state index is 0.967. The highest BCUT2D eigenvalue weighted by atomic mass is 14.9. The number of fused-ring (bicyclic) bond motifs is 1. The number of rotatable bonds is 3. The molecule has 0 fully saturated rings. The quantitative estimate of drug-likeness (QED) is 0.699. The molecular formula is C21H16N2. The highest BCUT2D eigenvalue weighted by molar-refractivity contribution is 6.21. The van der Waals surface area contributed by atoms with Gasteiger partial charge in [-0.05, 0) is 30.3 Å². The van der Waals surface area contributed by atoms with Gasteiger partial charge in [0.15, 0.2) is 0 Å². The molecule has 0 saturated carbocycles. The van der Waals surface area contributed by atoms with Crippen molar-refractivity contribution >= 4 is 22.8 Å². The summed E-state index contributed by atoms with van der Waals surface area (Å²) in [5, 5.41) is 3.49. The monoisotopic (exact) mass is 296 g/mol. The maximum absolute atomic E-state index is 4.79. The van der Waals surface area contributed by atoms with E-state index in [1.54, 1.807) is 0 Å². The van der Waals surface area contributed by atoms with Crippen molar-refractivity contribution in [2.24, 2.45) is 4.99 Å². The second-order valence-electron chi connectivity index (χ2n) is 5.43. The molecule has 0 aromatic heterocycles. The minimum Gasteiger partial charge on any atom is -0.355 e. The van der Waals surface area contributed by atoms with Crippen LogP contribution in [0.15, 0.2) is 96.0 Å². The van der Waals surface area contributed by atoms with E-state index >= 15 is 0 Å². The van der Waals surface area contributed by atoms with Crippen LogP contribution in [0.2, 0.25) is 0 Å². The minimum atomic E-state index is 0.967. The number of hydrogen-bond acceptors (Lipinski definition) is 2. The first kappa shape index (κ1) is 13.5. The molecule has 0 heterocycles. The van der Waals surface area contributed by atoms with Crippen molar-refractivity contribution in [1.82, 2.24) is 0 Å². The van der Waals surface area contributed by atoms with Crippen LogP contribution in [0.5, 0.6) is 0 Å². The molecule has 2 nitrogen and oxygen atoms in total. The van der Waals surface area contributed by atoms with Gasteiger partial charge in [0.1, 0.15) is 0 Å². The van der Waals surface area contributed by atoms with E-state index < -0.39 is 0 Å². The fourth-order valence-electron chi connectivity index (χ4n) is 2.75. The lowest BCUT2D eigenvalue weighted by Crippen LogP contribution is -1.96. The Morgan fingerprint density at radius 2 is 1.22 bits per heavy atom. The number of aliphatic imine (C=N–C) groups is 1. The molecule has 0 amide bonds. The zero-order valence-electron chi connectivity index (χ0n) is 12.6. The standard InChI is InChI=1S/C21H16N2/c1-3-9-16(10-4-1)22-20-15-21(19-14-8-7-13-18(19)20)23-17-11-5-2-6-12-17/h1-15,22H. The van der Waals surface area contributed by atoms with Gasteiger partial charge in [-0.3, -0.25) is 0 Å². The van der Waals surface area contributed by atoms with Gasteiger partial charge >= 0.3 is 0 Å². The van der Waals surface area contributed by atoms with Crippen LogP contribution in [-0.4, -0.2) is 5.71 Å². The SMILES string of the molecule is C1=C(Nc2ccccc2)c2ccccc2C1=Nc1ccccc1. The molecule has 23 heavy (non-hydrogen) atoms. The number of allylic oxidation sites excluding steroid dienone is 1. The van der Waals surface area contributed by atoms with Crippen LogP contribution in [-0.2, 0) is 0 Å². The first-order valence-electron chi connectivity index (χ1n) is 7.67. The Hall–Kier alpha value is -3.13. The van der Waals surface area contributed by atoms with Crippen LogP contribution >= 0.6 is 0 Å². The average Bonchev–Trinajstić information content (AvgIpc) is 2.95. The Bertz CT molecular complexity index is 878. The molecular weight excluding hydrogens is 280 g/mol. The van der Waals surface area contributed by atoms with Crippen molar-refractivity contribution in [3.63, 3.8) is 0 Å². The molecule has 0 spiro atoms. The third-order valence-electron chi connectivity index (χ3n) is 3.83. The molecule has 1 aliphatic rings. The molecule has 0 bridgehead atoms. The van der Waals surface area contributed by atoms with Gasteiger partial charge < -0.3 is 5.32 Å². The molecule has 1 N–H and O–H groups in total. The molecule has 1 aliphatic carbocycles. The lowest BCUT2D eigenvalue weighted by atomic mass is 10.1. The summed E-state index contributed by atoms with van der Waals surface area (Å²) in [6.07, 6.45) is 2.12. The average molecular weight is 296 g/mol. The lowest BCUT2D eigenvalue weighted by Gasteiger charge is -2.08. The Balaban J connectivity index is 1.75. The summed E-state index contributed by atoms with van der Waals surface area (Å²) < 4.78 is 0. The van der Waals surface area contributed by atoms with Crippen molar-refractivity contribution in [3.05, 3.63) is 102 Å². The normalized spacial score (nSPS) is 14.4. The highest BCUT2D eigenvalue weighted by Crippen LogP contribution is 2.30. The van der Waals surface area contributed by atoms with E-state index in [2.05, 4.69) is 47.8 Å². The van der Waals surface area contributed by atoms with Crippen LogP contribution in [0, 0.1) is 0 Å². The van der Waals surface area contributed by atoms with E-state index in [1.807, 2.05) is 48.5 Å². The number of nitrogens with zero attached hydrogens (tertiary/aromatic N) is 1. The summed E-state index contributed by atoms with van der Waals surface area (Å²) in [6.45, 7) is 0. The largest absolute Gasteiger partial charge is 0.355 e. The van der Waals surface area contributed by atoms with E-state index in [0.29, 0.717) is 0 Å². The Kier molecular flexibility index (Phi) is 3.49.